The second-order valence-electron chi connectivity index (χ2n) is 12.1. The van der Waals surface area contributed by atoms with E-state index >= 15 is 0 Å². The number of aromatic nitrogens is 3. The zero-order chi connectivity index (χ0) is 32.6. The third-order valence-electron chi connectivity index (χ3n) is 8.97. The second kappa shape index (κ2) is 12.2. The van der Waals surface area contributed by atoms with Crippen molar-refractivity contribution in [1.82, 2.24) is 15.0 Å². The molecule has 0 radical (unpaired) electrons. The van der Waals surface area contributed by atoms with Gasteiger partial charge in [-0.25, -0.2) is 15.0 Å². The van der Waals surface area contributed by atoms with Gasteiger partial charge in [0, 0.05) is 27.5 Å². The van der Waals surface area contributed by atoms with Gasteiger partial charge in [-0.2, -0.15) is 0 Å². The van der Waals surface area contributed by atoms with Crippen LogP contribution in [0.5, 0.6) is 0 Å². The van der Waals surface area contributed by atoms with Crippen LogP contribution in [0.2, 0.25) is 0 Å². The van der Waals surface area contributed by atoms with E-state index in [1.165, 1.54) is 5.56 Å². The minimum absolute atomic E-state index is 0.617. The fourth-order valence-corrected chi connectivity index (χ4v) is 6.49. The van der Waals surface area contributed by atoms with Crippen molar-refractivity contribution in [2.75, 3.05) is 0 Å². The Morgan fingerprint density at radius 3 is 1.59 bits per heavy atom. The molecular formula is C45H29N3O. The fourth-order valence-electron chi connectivity index (χ4n) is 6.49. The van der Waals surface area contributed by atoms with Crippen molar-refractivity contribution in [1.29, 1.82) is 0 Å². The minimum Gasteiger partial charge on any atom is -0.456 e. The molecule has 0 N–H and O–H groups in total. The molecule has 0 aliphatic heterocycles. The van der Waals surface area contributed by atoms with Gasteiger partial charge >= 0.3 is 0 Å². The lowest BCUT2D eigenvalue weighted by Gasteiger charge is -2.13. The number of nitrogens with zero attached hydrogens (tertiary/aromatic N) is 3. The van der Waals surface area contributed by atoms with E-state index in [1.807, 2.05) is 36.4 Å². The smallest absolute Gasteiger partial charge is 0.164 e. The predicted molar refractivity (Wildman–Crippen MR) is 200 cm³/mol. The van der Waals surface area contributed by atoms with Crippen LogP contribution in [-0.4, -0.2) is 15.0 Å². The number of hydrogen-bond acceptors (Lipinski definition) is 4. The summed E-state index contributed by atoms with van der Waals surface area (Å²) < 4.78 is 6.09. The van der Waals surface area contributed by atoms with Crippen molar-refractivity contribution in [3.63, 3.8) is 0 Å². The van der Waals surface area contributed by atoms with Gasteiger partial charge in [-0.1, -0.05) is 152 Å². The van der Waals surface area contributed by atoms with E-state index in [0.29, 0.717) is 17.5 Å². The summed E-state index contributed by atoms with van der Waals surface area (Å²) in [4.78, 5) is 15.3. The van der Waals surface area contributed by atoms with E-state index in [-0.39, 0.29) is 0 Å². The Kier molecular flexibility index (Phi) is 7.10. The maximum absolute atomic E-state index is 6.09. The van der Waals surface area contributed by atoms with Crippen LogP contribution in [0.4, 0.5) is 0 Å². The minimum atomic E-state index is 0.617. The topological polar surface area (TPSA) is 51.8 Å². The summed E-state index contributed by atoms with van der Waals surface area (Å²) in [7, 11) is 0. The summed E-state index contributed by atoms with van der Waals surface area (Å²) in [6.07, 6.45) is 0. The normalized spacial score (nSPS) is 11.3. The molecule has 7 aromatic carbocycles. The quantitative estimate of drug-likeness (QED) is 0.184. The largest absolute Gasteiger partial charge is 0.456 e. The molecule has 9 rings (SSSR count). The molecule has 0 bridgehead atoms. The highest BCUT2D eigenvalue weighted by Gasteiger charge is 2.16. The van der Waals surface area contributed by atoms with Crippen LogP contribution in [0.3, 0.4) is 0 Å². The third kappa shape index (κ3) is 5.45. The van der Waals surface area contributed by atoms with Gasteiger partial charge in [-0.3, -0.25) is 0 Å². The van der Waals surface area contributed by atoms with Crippen LogP contribution in [0, 0.1) is 0 Å². The highest BCUT2D eigenvalue weighted by Crippen LogP contribution is 2.35. The van der Waals surface area contributed by atoms with Gasteiger partial charge in [-0.05, 0) is 57.6 Å². The summed E-state index contributed by atoms with van der Waals surface area (Å²) in [5.74, 6) is 1.87. The molecular weight excluding hydrogens is 599 g/mol. The molecule has 0 saturated carbocycles. The Balaban J connectivity index is 1.18. The summed E-state index contributed by atoms with van der Waals surface area (Å²) in [5.41, 5.74) is 11.2. The van der Waals surface area contributed by atoms with E-state index in [1.54, 1.807) is 0 Å². The Morgan fingerprint density at radius 1 is 0.286 bits per heavy atom. The van der Waals surface area contributed by atoms with Gasteiger partial charge in [-0.15, -0.1) is 0 Å². The molecule has 4 heteroatoms. The molecule has 230 valence electrons. The average molecular weight is 628 g/mol. The monoisotopic (exact) mass is 627 g/mol. The lowest BCUT2D eigenvalue weighted by molar-refractivity contribution is 0.669. The molecule has 0 unspecified atom stereocenters. The molecule has 0 amide bonds. The predicted octanol–water partition coefficient (Wildman–Crippen LogP) is 11.8. The first-order chi connectivity index (χ1) is 24.3. The van der Waals surface area contributed by atoms with Crippen molar-refractivity contribution in [2.45, 2.75) is 0 Å². The van der Waals surface area contributed by atoms with E-state index in [2.05, 4.69) is 140 Å². The summed E-state index contributed by atoms with van der Waals surface area (Å²) in [6, 6.07) is 60.5. The molecule has 0 aliphatic carbocycles. The molecule has 4 nitrogen and oxygen atoms in total. The zero-order valence-corrected chi connectivity index (χ0v) is 26.5. The Morgan fingerprint density at radius 2 is 0.796 bits per heavy atom. The Labute approximate surface area is 284 Å². The molecule has 0 spiro atoms. The van der Waals surface area contributed by atoms with Crippen LogP contribution in [-0.2, 0) is 0 Å². The summed E-state index contributed by atoms with van der Waals surface area (Å²) in [5, 5.41) is 2.21. The Bertz CT molecular complexity index is 2590. The number of furan rings is 1. The summed E-state index contributed by atoms with van der Waals surface area (Å²) >= 11 is 0. The number of fused-ring (bicyclic) bond motifs is 3. The molecule has 2 heterocycles. The van der Waals surface area contributed by atoms with E-state index in [0.717, 1.165) is 66.4 Å². The molecule has 2 aromatic heterocycles. The highest BCUT2D eigenvalue weighted by atomic mass is 16.3. The van der Waals surface area contributed by atoms with Gasteiger partial charge in [0.1, 0.15) is 11.2 Å². The van der Waals surface area contributed by atoms with E-state index in [9.17, 15) is 0 Å². The molecule has 0 fully saturated rings. The van der Waals surface area contributed by atoms with Gasteiger partial charge in [0.25, 0.3) is 0 Å². The first-order valence-corrected chi connectivity index (χ1v) is 16.4. The van der Waals surface area contributed by atoms with E-state index in [4.69, 9.17) is 19.4 Å². The van der Waals surface area contributed by atoms with Crippen LogP contribution < -0.4 is 0 Å². The van der Waals surface area contributed by atoms with Gasteiger partial charge < -0.3 is 4.42 Å². The van der Waals surface area contributed by atoms with Gasteiger partial charge in [0.2, 0.25) is 0 Å². The fraction of sp³-hybridized carbons (Fsp3) is 0. The van der Waals surface area contributed by atoms with Crippen molar-refractivity contribution >= 4 is 21.9 Å². The van der Waals surface area contributed by atoms with Crippen LogP contribution in [0.25, 0.3) is 89.5 Å². The SMILES string of the molecule is c1ccc(-c2ccc(-c3nc(-c4cccc(-c5ccc6oc7ccccc7c6c5)c4)nc(-c4ccccc4-c4ccccc4)n3)cc2)cc1. The lowest BCUT2D eigenvalue weighted by Crippen LogP contribution is -2.01. The van der Waals surface area contributed by atoms with Crippen molar-refractivity contribution in [3.05, 3.63) is 176 Å². The summed E-state index contributed by atoms with van der Waals surface area (Å²) in [6.45, 7) is 0. The third-order valence-corrected chi connectivity index (χ3v) is 8.97. The lowest BCUT2D eigenvalue weighted by atomic mass is 9.99. The van der Waals surface area contributed by atoms with E-state index < -0.39 is 0 Å². The number of hydrogen-bond donors (Lipinski definition) is 0. The van der Waals surface area contributed by atoms with Gasteiger partial charge in [0.05, 0.1) is 0 Å². The first-order valence-electron chi connectivity index (χ1n) is 16.4. The second-order valence-corrected chi connectivity index (χ2v) is 12.1. The average Bonchev–Trinajstić information content (AvgIpc) is 3.57. The Hall–Kier alpha value is -6.65. The molecule has 49 heavy (non-hydrogen) atoms. The van der Waals surface area contributed by atoms with Crippen LogP contribution in [0.15, 0.2) is 180 Å². The maximum atomic E-state index is 6.09. The molecule has 9 aromatic rings. The molecule has 0 aliphatic rings. The number of rotatable bonds is 6. The molecule has 0 saturated heterocycles. The van der Waals surface area contributed by atoms with Gasteiger partial charge in [0.15, 0.2) is 17.5 Å². The van der Waals surface area contributed by atoms with Crippen LogP contribution in [0.1, 0.15) is 0 Å². The van der Waals surface area contributed by atoms with Crippen molar-refractivity contribution in [2.24, 2.45) is 0 Å². The first kappa shape index (κ1) is 28.6. The molecule has 0 atom stereocenters. The standard InChI is InChI=1S/C45H29N3O/c1-3-12-30(13-4-1)31-22-24-33(25-23-31)43-46-44(48-45(47-43)39-20-8-7-18-37(39)32-14-5-2-6-15-32)36-17-11-16-34(28-36)35-26-27-42-40(29-35)38-19-9-10-21-41(38)49-42/h1-29H. The van der Waals surface area contributed by atoms with Crippen LogP contribution >= 0.6 is 0 Å². The highest BCUT2D eigenvalue weighted by molar-refractivity contribution is 6.06. The zero-order valence-electron chi connectivity index (χ0n) is 26.5. The van der Waals surface area contributed by atoms with Crippen molar-refractivity contribution in [3.8, 4) is 67.5 Å². The number of benzene rings is 7. The maximum Gasteiger partial charge on any atom is 0.164 e. The van der Waals surface area contributed by atoms with Crippen molar-refractivity contribution < 1.29 is 4.42 Å². The number of para-hydroxylation sites is 1.